The highest BCUT2D eigenvalue weighted by Crippen LogP contribution is 2.25. The Morgan fingerprint density at radius 1 is 1.16 bits per heavy atom. The molecule has 0 saturated carbocycles. The third-order valence-corrected chi connectivity index (χ3v) is 4.51. The Labute approximate surface area is 155 Å². The number of rotatable bonds is 5. The van der Waals surface area contributed by atoms with Crippen molar-refractivity contribution in [1.29, 1.82) is 0 Å². The summed E-state index contributed by atoms with van der Waals surface area (Å²) in [6.07, 6.45) is 0.0208. The van der Waals surface area contributed by atoms with Gasteiger partial charge in [0.25, 0.3) is 5.91 Å². The molecule has 0 radical (unpaired) electrons. The topological polar surface area (TPSA) is 38.3 Å². The fourth-order valence-corrected chi connectivity index (χ4v) is 2.59. The number of nitrogens with one attached hydrogen (secondary N) is 1. The maximum absolute atomic E-state index is 12.5. The van der Waals surface area contributed by atoms with Crippen molar-refractivity contribution in [2.24, 2.45) is 0 Å². The molecule has 0 aliphatic heterocycles. The molecule has 1 atom stereocenters. The maximum atomic E-state index is 12.5. The largest absolute Gasteiger partial charge is 0.481 e. The third-order valence-electron chi connectivity index (χ3n) is 4.10. The Balaban J connectivity index is 2.05. The van der Waals surface area contributed by atoms with E-state index < -0.39 is 6.10 Å². The van der Waals surface area contributed by atoms with E-state index in [0.29, 0.717) is 22.9 Å². The number of carbonyl (C=O) groups excluding carboxylic acids is 1. The summed E-state index contributed by atoms with van der Waals surface area (Å²) in [4.78, 5) is 12.5. The number of hydrogen-bond acceptors (Lipinski definition) is 2. The molecule has 0 heterocycles. The number of anilines is 1. The zero-order valence-corrected chi connectivity index (χ0v) is 16.3. The summed E-state index contributed by atoms with van der Waals surface area (Å²) >= 11 is 6.11. The average Bonchev–Trinajstić information content (AvgIpc) is 2.55. The van der Waals surface area contributed by atoms with Gasteiger partial charge in [-0.2, -0.15) is 0 Å². The highest BCUT2D eigenvalue weighted by molar-refractivity contribution is 6.31. The quantitative estimate of drug-likeness (QED) is 0.738. The van der Waals surface area contributed by atoms with Gasteiger partial charge in [-0.05, 0) is 54.2 Å². The van der Waals surface area contributed by atoms with E-state index in [0.717, 1.165) is 5.56 Å². The van der Waals surface area contributed by atoms with Crippen LogP contribution in [0.5, 0.6) is 5.75 Å². The predicted octanol–water partition coefficient (Wildman–Crippen LogP) is 5.74. The van der Waals surface area contributed by atoms with Crippen molar-refractivity contribution < 1.29 is 9.53 Å². The molecule has 0 spiro atoms. The normalized spacial score (nSPS) is 12.6. The molecular weight excluding hydrogens is 334 g/mol. The van der Waals surface area contributed by atoms with E-state index in [2.05, 4.69) is 26.1 Å². The Morgan fingerprint density at radius 2 is 1.80 bits per heavy atom. The van der Waals surface area contributed by atoms with Crippen LogP contribution in [0.25, 0.3) is 0 Å². The molecule has 2 aromatic carbocycles. The molecule has 0 aromatic heterocycles. The van der Waals surface area contributed by atoms with Gasteiger partial charge in [0, 0.05) is 10.7 Å². The highest BCUT2D eigenvalue weighted by atomic mass is 35.5. The van der Waals surface area contributed by atoms with Crippen LogP contribution in [0.15, 0.2) is 42.5 Å². The van der Waals surface area contributed by atoms with Crippen LogP contribution in [0.1, 0.15) is 45.2 Å². The second kappa shape index (κ2) is 7.92. The molecule has 1 amide bonds. The summed E-state index contributed by atoms with van der Waals surface area (Å²) in [6.45, 7) is 10.3. The van der Waals surface area contributed by atoms with E-state index in [4.69, 9.17) is 16.3 Å². The minimum absolute atomic E-state index is 0.0881. The Bertz CT molecular complexity index is 733. The van der Waals surface area contributed by atoms with Crippen LogP contribution in [0.4, 0.5) is 5.69 Å². The molecule has 0 aliphatic carbocycles. The molecule has 2 rings (SSSR count). The molecule has 25 heavy (non-hydrogen) atoms. The summed E-state index contributed by atoms with van der Waals surface area (Å²) < 4.78 is 5.87. The van der Waals surface area contributed by atoms with Crippen LogP contribution < -0.4 is 10.1 Å². The maximum Gasteiger partial charge on any atom is 0.265 e. The molecular formula is C21H26ClNO2. The predicted molar refractivity (Wildman–Crippen MR) is 105 cm³/mol. The van der Waals surface area contributed by atoms with Crippen molar-refractivity contribution in [2.75, 3.05) is 5.32 Å². The molecule has 0 unspecified atom stereocenters. The second-order valence-corrected chi connectivity index (χ2v) is 7.65. The highest BCUT2D eigenvalue weighted by Gasteiger charge is 2.19. The lowest BCUT2D eigenvalue weighted by Gasteiger charge is -2.21. The van der Waals surface area contributed by atoms with Gasteiger partial charge >= 0.3 is 0 Å². The number of aryl methyl sites for hydroxylation is 1. The first-order chi connectivity index (χ1) is 11.7. The number of halogens is 1. The molecule has 0 fully saturated rings. The summed E-state index contributed by atoms with van der Waals surface area (Å²) in [5, 5.41) is 3.50. The van der Waals surface area contributed by atoms with Crippen LogP contribution in [-0.4, -0.2) is 12.0 Å². The van der Waals surface area contributed by atoms with Crippen LogP contribution in [0.2, 0.25) is 5.02 Å². The lowest BCUT2D eigenvalue weighted by Crippen LogP contribution is -2.32. The van der Waals surface area contributed by atoms with Gasteiger partial charge in [0.2, 0.25) is 0 Å². The summed E-state index contributed by atoms with van der Waals surface area (Å²) in [5.74, 6) is 0.513. The molecule has 2 aromatic rings. The zero-order chi connectivity index (χ0) is 18.6. The summed E-state index contributed by atoms with van der Waals surface area (Å²) in [7, 11) is 0. The van der Waals surface area contributed by atoms with Crippen molar-refractivity contribution in [3.8, 4) is 5.75 Å². The van der Waals surface area contributed by atoms with Gasteiger partial charge in [-0.25, -0.2) is 0 Å². The summed E-state index contributed by atoms with van der Waals surface area (Å²) in [6, 6.07) is 13.4. The number of benzene rings is 2. The van der Waals surface area contributed by atoms with Gasteiger partial charge in [-0.1, -0.05) is 57.5 Å². The van der Waals surface area contributed by atoms with Gasteiger partial charge in [0.15, 0.2) is 6.10 Å². The number of amides is 1. The lowest BCUT2D eigenvalue weighted by atomic mass is 9.87. The molecule has 3 nitrogen and oxygen atoms in total. The standard InChI is InChI=1S/C21H26ClNO2/c1-6-19(20(24)23-16-10-7-14(2)18(22)13-16)25-17-11-8-15(9-12-17)21(3,4)5/h7-13,19H,6H2,1-5H3,(H,23,24)/t19-/m1/s1. The fourth-order valence-electron chi connectivity index (χ4n) is 2.41. The van der Waals surface area contributed by atoms with E-state index >= 15 is 0 Å². The van der Waals surface area contributed by atoms with E-state index in [-0.39, 0.29) is 11.3 Å². The number of carbonyl (C=O) groups is 1. The van der Waals surface area contributed by atoms with Crippen molar-refractivity contribution in [3.63, 3.8) is 0 Å². The van der Waals surface area contributed by atoms with Crippen LogP contribution in [0.3, 0.4) is 0 Å². The van der Waals surface area contributed by atoms with Gasteiger partial charge < -0.3 is 10.1 Å². The number of ether oxygens (including phenoxy) is 1. The molecule has 0 bridgehead atoms. The first-order valence-corrected chi connectivity index (χ1v) is 8.92. The Hall–Kier alpha value is -2.00. The smallest absolute Gasteiger partial charge is 0.265 e. The number of hydrogen-bond donors (Lipinski definition) is 1. The minimum atomic E-state index is -0.555. The van der Waals surface area contributed by atoms with Gasteiger partial charge in [0.05, 0.1) is 0 Å². The zero-order valence-electron chi connectivity index (χ0n) is 15.5. The van der Waals surface area contributed by atoms with Crippen molar-refractivity contribution in [3.05, 3.63) is 58.6 Å². The SMILES string of the molecule is CC[C@@H](Oc1ccc(C(C)(C)C)cc1)C(=O)Nc1ccc(C)c(Cl)c1. The lowest BCUT2D eigenvalue weighted by molar-refractivity contribution is -0.122. The first-order valence-electron chi connectivity index (χ1n) is 8.55. The van der Waals surface area contributed by atoms with Crippen molar-refractivity contribution in [2.45, 2.75) is 52.6 Å². The molecule has 1 N–H and O–H groups in total. The molecule has 0 saturated heterocycles. The van der Waals surface area contributed by atoms with E-state index in [1.807, 2.05) is 50.2 Å². The average molecular weight is 360 g/mol. The monoisotopic (exact) mass is 359 g/mol. The van der Waals surface area contributed by atoms with Crippen molar-refractivity contribution in [1.82, 2.24) is 0 Å². The third kappa shape index (κ3) is 5.23. The molecule has 4 heteroatoms. The fraction of sp³-hybridized carbons (Fsp3) is 0.381. The van der Waals surface area contributed by atoms with Crippen LogP contribution in [0, 0.1) is 6.92 Å². The molecule has 0 aliphatic rings. The van der Waals surface area contributed by atoms with Gasteiger partial charge in [-0.3, -0.25) is 4.79 Å². The Kier molecular flexibility index (Phi) is 6.12. The van der Waals surface area contributed by atoms with Crippen LogP contribution >= 0.6 is 11.6 Å². The second-order valence-electron chi connectivity index (χ2n) is 7.24. The minimum Gasteiger partial charge on any atom is -0.481 e. The Morgan fingerprint density at radius 3 is 2.32 bits per heavy atom. The molecule has 134 valence electrons. The van der Waals surface area contributed by atoms with Crippen LogP contribution in [-0.2, 0) is 10.2 Å². The summed E-state index contributed by atoms with van der Waals surface area (Å²) in [5.41, 5.74) is 2.96. The van der Waals surface area contributed by atoms with E-state index in [1.165, 1.54) is 5.56 Å². The first kappa shape index (κ1) is 19.3. The van der Waals surface area contributed by atoms with Gasteiger partial charge in [-0.15, -0.1) is 0 Å². The van der Waals surface area contributed by atoms with Gasteiger partial charge in [0.1, 0.15) is 5.75 Å². The van der Waals surface area contributed by atoms with Crippen molar-refractivity contribution >= 4 is 23.2 Å². The van der Waals surface area contributed by atoms with E-state index in [9.17, 15) is 4.79 Å². The van der Waals surface area contributed by atoms with E-state index in [1.54, 1.807) is 6.07 Å².